The standard InChI is InChI=1S/C20H13N3/c21-17-9-10-22-20(23-17)16-11-14-5-1-3-12-7-8-13-4-2-6-15(16)19(13)18(12)14/h1-11H,(H2,21,22,23). The number of nitrogen functional groups attached to an aromatic ring is 1. The van der Waals surface area contributed by atoms with Crippen LogP contribution in [0.3, 0.4) is 0 Å². The van der Waals surface area contributed by atoms with Crippen molar-refractivity contribution in [2.45, 2.75) is 0 Å². The number of nitrogens with two attached hydrogens (primary N) is 1. The molecule has 0 amide bonds. The lowest BCUT2D eigenvalue weighted by Gasteiger charge is -2.14. The Morgan fingerprint density at radius 1 is 0.739 bits per heavy atom. The maximum Gasteiger partial charge on any atom is 0.162 e. The van der Waals surface area contributed by atoms with E-state index in [2.05, 4.69) is 64.6 Å². The molecule has 0 saturated carbocycles. The van der Waals surface area contributed by atoms with Crippen LogP contribution in [0.15, 0.2) is 66.9 Å². The summed E-state index contributed by atoms with van der Waals surface area (Å²) in [6, 6.07) is 21.0. The van der Waals surface area contributed by atoms with E-state index in [4.69, 9.17) is 5.73 Å². The normalized spacial score (nSPS) is 11.7. The highest BCUT2D eigenvalue weighted by Crippen LogP contribution is 2.39. The molecule has 0 unspecified atom stereocenters. The van der Waals surface area contributed by atoms with Crippen LogP contribution in [0.5, 0.6) is 0 Å². The molecule has 0 aliphatic rings. The molecule has 0 saturated heterocycles. The summed E-state index contributed by atoms with van der Waals surface area (Å²) in [5, 5.41) is 7.42. The second-order valence-electron chi connectivity index (χ2n) is 5.78. The van der Waals surface area contributed by atoms with Crippen molar-refractivity contribution < 1.29 is 0 Å². The molecule has 0 bridgehead atoms. The van der Waals surface area contributed by atoms with E-state index in [-0.39, 0.29) is 0 Å². The topological polar surface area (TPSA) is 51.8 Å². The fourth-order valence-electron chi connectivity index (χ4n) is 3.45. The van der Waals surface area contributed by atoms with Gasteiger partial charge in [0.15, 0.2) is 5.82 Å². The molecule has 1 aromatic heterocycles. The van der Waals surface area contributed by atoms with Gasteiger partial charge in [-0.1, -0.05) is 48.5 Å². The van der Waals surface area contributed by atoms with Crippen LogP contribution in [-0.4, -0.2) is 9.97 Å². The first-order valence-electron chi connectivity index (χ1n) is 7.57. The zero-order valence-electron chi connectivity index (χ0n) is 12.3. The fourth-order valence-corrected chi connectivity index (χ4v) is 3.45. The molecule has 108 valence electrons. The van der Waals surface area contributed by atoms with Gasteiger partial charge in [-0.2, -0.15) is 0 Å². The summed E-state index contributed by atoms with van der Waals surface area (Å²) in [4.78, 5) is 8.85. The van der Waals surface area contributed by atoms with Crippen molar-refractivity contribution in [3.63, 3.8) is 0 Å². The van der Waals surface area contributed by atoms with Crippen LogP contribution in [0, 0.1) is 0 Å². The third kappa shape index (κ3) is 1.70. The molecule has 4 aromatic carbocycles. The molecule has 3 nitrogen and oxygen atoms in total. The zero-order chi connectivity index (χ0) is 15.4. The second-order valence-corrected chi connectivity index (χ2v) is 5.78. The van der Waals surface area contributed by atoms with E-state index in [0.717, 1.165) is 10.9 Å². The Morgan fingerprint density at radius 2 is 1.48 bits per heavy atom. The molecule has 5 aromatic rings. The predicted octanol–water partition coefficient (Wildman–Crippen LogP) is 4.62. The van der Waals surface area contributed by atoms with Gasteiger partial charge in [0.2, 0.25) is 0 Å². The van der Waals surface area contributed by atoms with Gasteiger partial charge in [-0.3, -0.25) is 0 Å². The van der Waals surface area contributed by atoms with Crippen molar-refractivity contribution >= 4 is 38.1 Å². The highest BCUT2D eigenvalue weighted by molar-refractivity contribution is 6.25. The maximum absolute atomic E-state index is 5.86. The lowest BCUT2D eigenvalue weighted by molar-refractivity contribution is 1.19. The molecule has 0 radical (unpaired) electrons. The number of benzene rings is 4. The van der Waals surface area contributed by atoms with E-state index in [1.165, 1.54) is 26.9 Å². The van der Waals surface area contributed by atoms with E-state index in [0.29, 0.717) is 11.6 Å². The monoisotopic (exact) mass is 295 g/mol. The van der Waals surface area contributed by atoms with Crippen LogP contribution >= 0.6 is 0 Å². The SMILES string of the molecule is Nc1ccnc(-c2cc3cccc4ccc5cccc2c5c43)n1. The van der Waals surface area contributed by atoms with Gasteiger partial charge in [0.05, 0.1) is 0 Å². The van der Waals surface area contributed by atoms with E-state index in [1.807, 2.05) is 0 Å². The minimum absolute atomic E-state index is 0.486. The van der Waals surface area contributed by atoms with Crippen molar-refractivity contribution in [2.75, 3.05) is 5.73 Å². The van der Waals surface area contributed by atoms with Gasteiger partial charge >= 0.3 is 0 Å². The number of aromatic nitrogens is 2. The third-order valence-electron chi connectivity index (χ3n) is 4.43. The summed E-state index contributed by atoms with van der Waals surface area (Å²) in [6.07, 6.45) is 1.71. The number of hydrogen-bond acceptors (Lipinski definition) is 3. The van der Waals surface area contributed by atoms with Crippen LogP contribution in [0.1, 0.15) is 0 Å². The van der Waals surface area contributed by atoms with Gasteiger partial charge in [-0.05, 0) is 44.5 Å². The molecule has 0 aliphatic heterocycles. The average molecular weight is 295 g/mol. The summed E-state index contributed by atoms with van der Waals surface area (Å²) < 4.78 is 0. The van der Waals surface area contributed by atoms with Crippen LogP contribution in [0.4, 0.5) is 5.82 Å². The van der Waals surface area contributed by atoms with Crippen molar-refractivity contribution in [1.82, 2.24) is 9.97 Å². The first-order valence-corrected chi connectivity index (χ1v) is 7.57. The number of anilines is 1. The average Bonchev–Trinajstić information content (AvgIpc) is 2.59. The Morgan fingerprint density at radius 3 is 2.30 bits per heavy atom. The highest BCUT2D eigenvalue weighted by Gasteiger charge is 2.14. The van der Waals surface area contributed by atoms with E-state index >= 15 is 0 Å². The van der Waals surface area contributed by atoms with Gasteiger partial charge in [-0.15, -0.1) is 0 Å². The van der Waals surface area contributed by atoms with E-state index in [9.17, 15) is 0 Å². The molecular formula is C20H13N3. The fraction of sp³-hybridized carbons (Fsp3) is 0. The van der Waals surface area contributed by atoms with Gasteiger partial charge in [-0.25, -0.2) is 9.97 Å². The Kier molecular flexibility index (Phi) is 2.36. The summed E-state index contributed by atoms with van der Waals surface area (Å²) in [5.41, 5.74) is 6.88. The summed E-state index contributed by atoms with van der Waals surface area (Å²) in [6.45, 7) is 0. The first-order chi connectivity index (χ1) is 11.3. The third-order valence-corrected chi connectivity index (χ3v) is 4.43. The molecule has 23 heavy (non-hydrogen) atoms. The van der Waals surface area contributed by atoms with Crippen molar-refractivity contribution in [3.8, 4) is 11.4 Å². The Bertz CT molecular complexity index is 1180. The Balaban J connectivity index is 2.04. The van der Waals surface area contributed by atoms with Gasteiger partial charge in [0.1, 0.15) is 5.82 Å². The minimum atomic E-state index is 0.486. The molecule has 2 N–H and O–H groups in total. The molecule has 3 heteroatoms. The lowest BCUT2D eigenvalue weighted by Crippen LogP contribution is -1.96. The van der Waals surface area contributed by atoms with Crippen LogP contribution in [0.25, 0.3) is 43.7 Å². The molecule has 0 spiro atoms. The van der Waals surface area contributed by atoms with Crippen molar-refractivity contribution in [1.29, 1.82) is 0 Å². The van der Waals surface area contributed by atoms with Gasteiger partial charge < -0.3 is 5.73 Å². The zero-order valence-corrected chi connectivity index (χ0v) is 12.3. The molecule has 0 fully saturated rings. The molecular weight excluding hydrogens is 282 g/mol. The summed E-state index contributed by atoms with van der Waals surface area (Å²) >= 11 is 0. The number of nitrogens with zero attached hydrogens (tertiary/aromatic N) is 2. The minimum Gasteiger partial charge on any atom is -0.384 e. The largest absolute Gasteiger partial charge is 0.384 e. The predicted molar refractivity (Wildman–Crippen MR) is 95.6 cm³/mol. The molecule has 1 heterocycles. The van der Waals surface area contributed by atoms with Gasteiger partial charge in [0.25, 0.3) is 0 Å². The summed E-state index contributed by atoms with van der Waals surface area (Å²) in [5.74, 6) is 1.16. The van der Waals surface area contributed by atoms with E-state index < -0.39 is 0 Å². The van der Waals surface area contributed by atoms with Crippen molar-refractivity contribution in [3.05, 3.63) is 66.9 Å². The Hall–Kier alpha value is -3.20. The highest BCUT2D eigenvalue weighted by atomic mass is 14.9. The number of rotatable bonds is 1. The lowest BCUT2D eigenvalue weighted by atomic mass is 9.91. The maximum atomic E-state index is 5.86. The second kappa shape index (κ2) is 4.40. The van der Waals surface area contributed by atoms with Crippen LogP contribution in [-0.2, 0) is 0 Å². The molecule has 0 atom stereocenters. The Labute approximate surface area is 132 Å². The van der Waals surface area contributed by atoms with Crippen LogP contribution < -0.4 is 5.73 Å². The number of hydrogen-bond donors (Lipinski definition) is 1. The molecule has 0 aliphatic carbocycles. The smallest absolute Gasteiger partial charge is 0.162 e. The van der Waals surface area contributed by atoms with Gasteiger partial charge in [0, 0.05) is 11.8 Å². The van der Waals surface area contributed by atoms with Crippen molar-refractivity contribution in [2.24, 2.45) is 0 Å². The summed E-state index contributed by atoms with van der Waals surface area (Å²) in [7, 11) is 0. The van der Waals surface area contributed by atoms with Crippen LogP contribution in [0.2, 0.25) is 0 Å². The first kappa shape index (κ1) is 12.4. The quantitative estimate of drug-likeness (QED) is 0.459. The molecule has 5 rings (SSSR count). The van der Waals surface area contributed by atoms with E-state index in [1.54, 1.807) is 12.3 Å².